The zero-order valence-electron chi connectivity index (χ0n) is 11.6. The van der Waals surface area contributed by atoms with E-state index in [0.29, 0.717) is 0 Å². The third-order valence-electron chi connectivity index (χ3n) is 2.90. The predicted molar refractivity (Wildman–Crippen MR) is 75.4 cm³/mol. The molecule has 2 N–H and O–H groups in total. The highest BCUT2D eigenvalue weighted by molar-refractivity contribution is 7.54. The van der Waals surface area contributed by atoms with Crippen LogP contribution in [-0.4, -0.2) is 25.9 Å². The topological polar surface area (TPSA) is 67.8 Å². The zero-order valence-corrected chi connectivity index (χ0v) is 12.5. The van der Waals surface area contributed by atoms with Crippen molar-refractivity contribution in [2.45, 2.75) is 25.5 Å². The molecule has 0 bridgehead atoms. The van der Waals surface area contributed by atoms with Gasteiger partial charge in [0.25, 0.3) is 0 Å². The summed E-state index contributed by atoms with van der Waals surface area (Å²) in [6.45, 7) is 2.81. The molecule has 5 nitrogen and oxygen atoms in total. The smallest absolute Gasteiger partial charge is 0.351 e. The molecule has 0 heterocycles. The fourth-order valence-electron chi connectivity index (χ4n) is 1.77. The molecular formula is C13H22NO4P. The minimum atomic E-state index is -3.26. The Balaban J connectivity index is 2.97. The lowest BCUT2D eigenvalue weighted by atomic mass is 10.2. The molecule has 0 aliphatic rings. The van der Waals surface area contributed by atoms with Crippen molar-refractivity contribution in [3.63, 3.8) is 0 Å². The lowest BCUT2D eigenvalue weighted by Crippen LogP contribution is -2.23. The van der Waals surface area contributed by atoms with Crippen LogP contribution in [0.3, 0.4) is 0 Å². The van der Waals surface area contributed by atoms with E-state index in [-0.39, 0.29) is 5.75 Å². The van der Waals surface area contributed by atoms with Gasteiger partial charge in [-0.25, -0.2) is 0 Å². The highest BCUT2D eigenvalue weighted by Crippen LogP contribution is 2.58. The van der Waals surface area contributed by atoms with Gasteiger partial charge in [0.2, 0.25) is 0 Å². The van der Waals surface area contributed by atoms with Crippen molar-refractivity contribution in [2.24, 2.45) is 0 Å². The van der Waals surface area contributed by atoms with Gasteiger partial charge in [-0.2, -0.15) is 0 Å². The lowest BCUT2D eigenvalue weighted by molar-refractivity contribution is 0.259. The summed E-state index contributed by atoms with van der Waals surface area (Å²) in [4.78, 5) is 0. The molecule has 0 aliphatic carbocycles. The van der Waals surface area contributed by atoms with Crippen molar-refractivity contribution in [3.05, 3.63) is 29.8 Å². The minimum absolute atomic E-state index is 0.167. The first-order valence-electron chi connectivity index (χ1n) is 6.31. The molecular weight excluding hydrogens is 265 g/mol. The number of phenols is 1. The number of unbranched alkanes of at least 4 members (excludes halogenated alkanes) is 1. The number of phenolic OH excluding ortho intramolecular Hbond substituents is 1. The van der Waals surface area contributed by atoms with E-state index in [4.69, 9.17) is 9.05 Å². The highest BCUT2D eigenvalue weighted by atomic mass is 31.2. The van der Waals surface area contributed by atoms with Crippen LogP contribution in [0.5, 0.6) is 5.75 Å². The van der Waals surface area contributed by atoms with Crippen LogP contribution in [0.2, 0.25) is 0 Å². The molecule has 0 aliphatic heterocycles. The maximum atomic E-state index is 12.6. The van der Waals surface area contributed by atoms with Crippen molar-refractivity contribution in [2.75, 3.05) is 20.8 Å². The van der Waals surface area contributed by atoms with Crippen molar-refractivity contribution in [1.29, 1.82) is 0 Å². The first-order valence-corrected chi connectivity index (χ1v) is 7.92. The van der Waals surface area contributed by atoms with Crippen molar-refractivity contribution < 1.29 is 18.7 Å². The minimum Gasteiger partial charge on any atom is -0.508 e. The average Bonchev–Trinajstić information content (AvgIpc) is 2.44. The molecule has 0 fully saturated rings. The van der Waals surface area contributed by atoms with Gasteiger partial charge in [-0.3, -0.25) is 9.88 Å². The number of hydrogen-bond acceptors (Lipinski definition) is 5. The summed E-state index contributed by atoms with van der Waals surface area (Å²) >= 11 is 0. The summed E-state index contributed by atoms with van der Waals surface area (Å²) in [7, 11) is -0.513. The normalized spacial score (nSPS) is 13.4. The summed E-state index contributed by atoms with van der Waals surface area (Å²) in [6, 6.07) is 6.53. The van der Waals surface area contributed by atoms with Gasteiger partial charge in [-0.1, -0.05) is 25.5 Å². The first-order chi connectivity index (χ1) is 9.07. The molecule has 108 valence electrons. The zero-order chi connectivity index (χ0) is 14.3. The van der Waals surface area contributed by atoms with Crippen molar-refractivity contribution in [3.8, 4) is 5.75 Å². The van der Waals surface area contributed by atoms with Gasteiger partial charge in [-0.15, -0.1) is 0 Å². The largest absolute Gasteiger partial charge is 0.508 e. The van der Waals surface area contributed by atoms with Crippen molar-refractivity contribution >= 4 is 7.60 Å². The number of benzene rings is 1. The summed E-state index contributed by atoms with van der Waals surface area (Å²) in [5, 5.41) is 12.5. The van der Waals surface area contributed by atoms with E-state index in [1.165, 1.54) is 14.2 Å². The van der Waals surface area contributed by atoms with E-state index in [1.807, 2.05) is 0 Å². The summed E-state index contributed by atoms with van der Waals surface area (Å²) in [5.41, 5.74) is 0.765. The Morgan fingerprint density at radius 2 is 1.84 bits per heavy atom. The van der Waals surface area contributed by atoms with Crippen LogP contribution < -0.4 is 5.32 Å². The monoisotopic (exact) mass is 287 g/mol. The molecule has 0 radical (unpaired) electrons. The van der Waals surface area contributed by atoms with Crippen LogP contribution in [0.4, 0.5) is 0 Å². The Kier molecular flexibility index (Phi) is 6.52. The standard InChI is InChI=1S/C13H22NO4P/c1-4-5-10-14-13(19(16,17-2)18-3)11-6-8-12(15)9-7-11/h6-9,13-15H,4-5,10H2,1-3H3. The van der Waals surface area contributed by atoms with E-state index in [9.17, 15) is 9.67 Å². The Labute approximate surface area is 114 Å². The summed E-state index contributed by atoms with van der Waals surface area (Å²) < 4.78 is 22.7. The second kappa shape index (κ2) is 7.65. The van der Waals surface area contributed by atoms with E-state index < -0.39 is 13.4 Å². The van der Waals surface area contributed by atoms with Gasteiger partial charge in [0.1, 0.15) is 11.5 Å². The maximum Gasteiger partial charge on any atom is 0.351 e. The molecule has 0 saturated carbocycles. The number of aromatic hydroxyl groups is 1. The molecule has 1 aromatic carbocycles. The van der Waals surface area contributed by atoms with E-state index in [2.05, 4.69) is 12.2 Å². The SMILES string of the molecule is CCCCNC(c1ccc(O)cc1)P(=O)(OC)OC. The van der Waals surface area contributed by atoms with Gasteiger partial charge >= 0.3 is 7.60 Å². The van der Waals surface area contributed by atoms with Gasteiger partial charge in [0.05, 0.1) is 0 Å². The fourth-order valence-corrected chi connectivity index (χ4v) is 3.23. The Hall–Kier alpha value is -0.870. The van der Waals surface area contributed by atoms with Crippen LogP contribution in [0.15, 0.2) is 24.3 Å². The van der Waals surface area contributed by atoms with Gasteiger partial charge in [0.15, 0.2) is 0 Å². The van der Waals surface area contributed by atoms with Crippen LogP contribution in [0.1, 0.15) is 31.1 Å². The Morgan fingerprint density at radius 1 is 1.26 bits per heavy atom. The number of rotatable bonds is 8. The fraction of sp³-hybridized carbons (Fsp3) is 0.538. The maximum absolute atomic E-state index is 12.6. The molecule has 1 unspecified atom stereocenters. The van der Waals surface area contributed by atoms with Crippen LogP contribution in [-0.2, 0) is 13.6 Å². The third kappa shape index (κ3) is 4.32. The van der Waals surface area contributed by atoms with E-state index in [0.717, 1.165) is 24.9 Å². The average molecular weight is 287 g/mol. The second-order valence-electron chi connectivity index (χ2n) is 4.21. The van der Waals surface area contributed by atoms with Gasteiger partial charge in [0, 0.05) is 14.2 Å². The molecule has 1 rings (SSSR count). The first kappa shape index (κ1) is 16.2. The lowest BCUT2D eigenvalue weighted by Gasteiger charge is -2.25. The Bertz CT molecular complexity index is 413. The molecule has 0 spiro atoms. The molecule has 1 aromatic rings. The molecule has 0 amide bonds. The summed E-state index contributed by atoms with van der Waals surface area (Å²) in [6.07, 6.45) is 2.02. The van der Waals surface area contributed by atoms with Crippen molar-refractivity contribution in [1.82, 2.24) is 5.32 Å². The quantitative estimate of drug-likeness (QED) is 0.567. The second-order valence-corrected chi connectivity index (χ2v) is 6.53. The molecule has 0 aromatic heterocycles. The molecule has 19 heavy (non-hydrogen) atoms. The molecule has 0 saturated heterocycles. The van der Waals surface area contributed by atoms with Crippen LogP contribution in [0, 0.1) is 0 Å². The third-order valence-corrected chi connectivity index (χ3v) is 5.03. The van der Waals surface area contributed by atoms with Gasteiger partial charge in [-0.05, 0) is 30.7 Å². The summed E-state index contributed by atoms with van der Waals surface area (Å²) in [5.74, 6) is -0.365. The molecule has 1 atom stereocenters. The molecule has 6 heteroatoms. The number of nitrogens with one attached hydrogen (secondary N) is 1. The van der Waals surface area contributed by atoms with E-state index >= 15 is 0 Å². The van der Waals surface area contributed by atoms with Crippen LogP contribution in [0.25, 0.3) is 0 Å². The van der Waals surface area contributed by atoms with Crippen LogP contribution >= 0.6 is 7.60 Å². The van der Waals surface area contributed by atoms with E-state index in [1.54, 1.807) is 24.3 Å². The number of hydrogen-bond donors (Lipinski definition) is 2. The predicted octanol–water partition coefficient (Wildman–Crippen LogP) is 3.27. The highest BCUT2D eigenvalue weighted by Gasteiger charge is 2.34. The van der Waals surface area contributed by atoms with Gasteiger partial charge < -0.3 is 14.2 Å². The Morgan fingerprint density at radius 3 is 2.32 bits per heavy atom.